The monoisotopic (exact) mass is 559 g/mol. The van der Waals surface area contributed by atoms with Crippen LogP contribution in [0, 0.1) is 0 Å². The van der Waals surface area contributed by atoms with E-state index in [1.165, 1.54) is 5.56 Å². The first-order valence-corrected chi connectivity index (χ1v) is 13.7. The fourth-order valence-corrected chi connectivity index (χ4v) is 3.72. The van der Waals surface area contributed by atoms with Crippen LogP contribution in [0.2, 0.25) is 0 Å². The highest BCUT2D eigenvalue weighted by atomic mass is 16.6. The van der Waals surface area contributed by atoms with Gasteiger partial charge >= 0.3 is 11.9 Å². The van der Waals surface area contributed by atoms with Gasteiger partial charge in [-0.25, -0.2) is 9.59 Å². The molecule has 41 heavy (non-hydrogen) atoms. The lowest BCUT2D eigenvalue weighted by molar-refractivity contribution is -0.147. The summed E-state index contributed by atoms with van der Waals surface area (Å²) in [5, 5.41) is 2.79. The predicted molar refractivity (Wildman–Crippen MR) is 157 cm³/mol. The lowest BCUT2D eigenvalue weighted by Gasteiger charge is -2.15. The highest BCUT2D eigenvalue weighted by molar-refractivity contribution is 6.05. The largest absolute Gasteiger partial charge is 0.494 e. The van der Waals surface area contributed by atoms with Crippen LogP contribution in [0.3, 0.4) is 0 Å². The van der Waals surface area contributed by atoms with E-state index in [2.05, 4.69) is 17.4 Å². The fraction of sp³-hybridized carbons (Fsp3) is 0.303. The number of carbonyl (C=O) groups is 3. The molecule has 8 nitrogen and oxygen atoms in total. The quantitative estimate of drug-likeness (QED) is 0.104. The molecule has 0 saturated carbocycles. The number of ether oxygens (including phenoxy) is 4. The summed E-state index contributed by atoms with van der Waals surface area (Å²) in [6, 6.07) is 23.7. The Balaban J connectivity index is 1.61. The number of nitrogens with one attached hydrogen (secondary N) is 1. The van der Waals surface area contributed by atoms with Gasteiger partial charge in [-0.1, -0.05) is 42.5 Å². The van der Waals surface area contributed by atoms with Crippen LogP contribution in [0.4, 0.5) is 5.69 Å². The molecule has 0 aliphatic rings. The minimum atomic E-state index is -0.836. The van der Waals surface area contributed by atoms with Crippen molar-refractivity contribution in [1.82, 2.24) is 0 Å². The van der Waals surface area contributed by atoms with Crippen molar-refractivity contribution in [1.29, 1.82) is 0 Å². The van der Waals surface area contributed by atoms with Crippen LogP contribution in [-0.2, 0) is 25.5 Å². The summed E-state index contributed by atoms with van der Waals surface area (Å²) in [7, 11) is 0. The molecule has 216 valence electrons. The molecule has 3 rings (SSSR count). The molecule has 0 aliphatic heterocycles. The van der Waals surface area contributed by atoms with Crippen molar-refractivity contribution in [3.05, 3.63) is 102 Å². The van der Waals surface area contributed by atoms with Crippen molar-refractivity contribution >= 4 is 23.5 Å². The number of carbonyl (C=O) groups excluding carboxylic acids is 3. The lowest BCUT2D eigenvalue weighted by Crippen LogP contribution is -2.20. The molecule has 0 aromatic heterocycles. The molecule has 0 radical (unpaired) electrons. The fourth-order valence-electron chi connectivity index (χ4n) is 3.72. The number of anilines is 1. The van der Waals surface area contributed by atoms with Crippen LogP contribution in [0.1, 0.15) is 56.5 Å². The molecule has 1 N–H and O–H groups in total. The van der Waals surface area contributed by atoms with Gasteiger partial charge in [0.05, 0.1) is 30.6 Å². The zero-order chi connectivity index (χ0) is 29.6. The van der Waals surface area contributed by atoms with Crippen LogP contribution in [-0.4, -0.2) is 36.7 Å². The van der Waals surface area contributed by atoms with Crippen LogP contribution >= 0.6 is 0 Å². The molecule has 1 amide bonds. The molecule has 0 unspecified atom stereocenters. The second kappa shape index (κ2) is 15.9. The molecule has 3 aromatic carbocycles. The summed E-state index contributed by atoms with van der Waals surface area (Å²) in [6.07, 6.45) is 3.06. The maximum atomic E-state index is 13.0. The van der Waals surface area contributed by atoms with Crippen molar-refractivity contribution in [2.24, 2.45) is 0 Å². The molecule has 3 aromatic rings. The summed E-state index contributed by atoms with van der Waals surface area (Å²) in [6.45, 7) is 7.32. The topological polar surface area (TPSA) is 100 Å². The molecule has 8 heteroatoms. The summed E-state index contributed by atoms with van der Waals surface area (Å²) < 4.78 is 21.9. The highest BCUT2D eigenvalue weighted by Gasteiger charge is 2.20. The zero-order valence-electron chi connectivity index (χ0n) is 23.9. The first-order chi connectivity index (χ1) is 19.7. The maximum absolute atomic E-state index is 13.0. The third-order valence-corrected chi connectivity index (χ3v) is 5.59. The van der Waals surface area contributed by atoms with Crippen LogP contribution < -0.4 is 14.8 Å². The SMILES string of the molecule is CC(C)OC(=O)/C=C(\Oc1ccccc1NC(=O)c1ccc(OCCCCc2ccccc2)cc1)C(=O)OC(C)C. The lowest BCUT2D eigenvalue weighted by atomic mass is 10.1. The zero-order valence-corrected chi connectivity index (χ0v) is 23.9. The Hall–Kier alpha value is -4.59. The van der Waals surface area contributed by atoms with Gasteiger partial charge in [-0.15, -0.1) is 0 Å². The Kier molecular flexibility index (Phi) is 12.0. The van der Waals surface area contributed by atoms with Gasteiger partial charge in [-0.2, -0.15) is 0 Å². The number of hydrogen-bond donors (Lipinski definition) is 1. The minimum Gasteiger partial charge on any atom is -0.494 e. The third-order valence-electron chi connectivity index (χ3n) is 5.59. The van der Waals surface area contributed by atoms with Crippen molar-refractivity contribution in [2.75, 3.05) is 11.9 Å². The van der Waals surface area contributed by atoms with Gasteiger partial charge in [0, 0.05) is 5.56 Å². The Bertz CT molecular complexity index is 1310. The molecule has 0 heterocycles. The van der Waals surface area contributed by atoms with E-state index in [4.69, 9.17) is 18.9 Å². The van der Waals surface area contributed by atoms with E-state index in [9.17, 15) is 14.4 Å². The van der Waals surface area contributed by atoms with E-state index >= 15 is 0 Å². The van der Waals surface area contributed by atoms with Gasteiger partial charge in [0.25, 0.3) is 5.91 Å². The summed E-state index contributed by atoms with van der Waals surface area (Å²) in [5.74, 6) is -1.51. The molecule has 0 spiro atoms. The number of hydrogen-bond acceptors (Lipinski definition) is 7. The van der Waals surface area contributed by atoms with Crippen molar-refractivity contribution in [3.8, 4) is 11.5 Å². The molecular formula is C33H37NO7. The summed E-state index contributed by atoms with van der Waals surface area (Å²) in [4.78, 5) is 37.8. The summed E-state index contributed by atoms with van der Waals surface area (Å²) in [5.41, 5.74) is 2.02. The first kappa shape index (κ1) is 30.9. The van der Waals surface area contributed by atoms with Crippen molar-refractivity contribution in [2.45, 2.75) is 59.2 Å². The van der Waals surface area contributed by atoms with Gasteiger partial charge in [0.1, 0.15) is 5.75 Å². The van der Waals surface area contributed by atoms with Gasteiger partial charge in [-0.05, 0) is 88.9 Å². The Morgan fingerprint density at radius 3 is 2.12 bits per heavy atom. The van der Waals surface area contributed by atoms with Gasteiger partial charge in [0.15, 0.2) is 5.75 Å². The molecular weight excluding hydrogens is 522 g/mol. The molecule has 0 fully saturated rings. The van der Waals surface area contributed by atoms with E-state index in [0.717, 1.165) is 25.3 Å². The smallest absolute Gasteiger partial charge is 0.374 e. The Morgan fingerprint density at radius 1 is 0.780 bits per heavy atom. The highest BCUT2D eigenvalue weighted by Crippen LogP contribution is 2.27. The number of esters is 2. The molecule has 0 aliphatic carbocycles. The second-order valence-electron chi connectivity index (χ2n) is 9.82. The van der Waals surface area contributed by atoms with E-state index in [0.29, 0.717) is 23.6 Å². The van der Waals surface area contributed by atoms with Crippen LogP contribution in [0.25, 0.3) is 0 Å². The number of aryl methyl sites for hydroxylation is 1. The third kappa shape index (κ3) is 10.8. The van der Waals surface area contributed by atoms with E-state index < -0.39 is 18.0 Å². The number of amides is 1. The van der Waals surface area contributed by atoms with Gasteiger partial charge in [0.2, 0.25) is 5.76 Å². The van der Waals surface area contributed by atoms with E-state index in [1.54, 1.807) is 76.2 Å². The minimum absolute atomic E-state index is 0.153. The average molecular weight is 560 g/mol. The maximum Gasteiger partial charge on any atom is 0.374 e. The number of rotatable bonds is 14. The number of benzene rings is 3. The second-order valence-corrected chi connectivity index (χ2v) is 9.82. The normalized spacial score (nSPS) is 11.2. The van der Waals surface area contributed by atoms with Crippen molar-refractivity contribution < 1.29 is 33.3 Å². The molecule has 0 bridgehead atoms. The predicted octanol–water partition coefficient (Wildman–Crippen LogP) is 6.51. The van der Waals surface area contributed by atoms with Crippen LogP contribution in [0.15, 0.2) is 90.7 Å². The first-order valence-electron chi connectivity index (χ1n) is 13.7. The number of unbranched alkanes of at least 4 members (excludes halogenated alkanes) is 1. The Labute approximate surface area is 241 Å². The molecule has 0 saturated heterocycles. The van der Waals surface area contributed by atoms with Gasteiger partial charge < -0.3 is 24.3 Å². The van der Waals surface area contributed by atoms with Crippen molar-refractivity contribution in [3.63, 3.8) is 0 Å². The standard InChI is InChI=1S/C33H37NO7/c1-23(2)39-31(35)22-30(33(37)40-24(3)4)41-29-16-9-8-15-28(29)34-32(36)26-17-19-27(20-18-26)38-21-11-10-14-25-12-6-5-7-13-25/h5-9,12-13,15-20,22-24H,10-11,14,21H2,1-4H3,(H,34,36)/b30-22-. The Morgan fingerprint density at radius 2 is 1.44 bits per heavy atom. The van der Waals surface area contributed by atoms with E-state index in [-0.39, 0.29) is 23.5 Å². The van der Waals surface area contributed by atoms with E-state index in [1.807, 2.05) is 18.2 Å². The van der Waals surface area contributed by atoms with Gasteiger partial charge in [-0.3, -0.25) is 4.79 Å². The average Bonchev–Trinajstić information content (AvgIpc) is 2.93. The van der Waals surface area contributed by atoms with Crippen LogP contribution in [0.5, 0.6) is 11.5 Å². The summed E-state index contributed by atoms with van der Waals surface area (Å²) >= 11 is 0. The number of para-hydroxylation sites is 2. The molecule has 0 atom stereocenters.